The van der Waals surface area contributed by atoms with Crippen LogP contribution in [0.25, 0.3) is 0 Å². The molecule has 23 heavy (non-hydrogen) atoms. The SMILES string of the molecule is Cc1ccc(C(C)(C)C)cc1S(=O)(=O)Nc1cccc(C)c1C. The minimum atomic E-state index is -3.62. The van der Waals surface area contributed by atoms with E-state index in [1.54, 1.807) is 12.1 Å². The molecule has 0 aliphatic rings. The fourth-order valence-electron chi connectivity index (χ4n) is 2.42. The molecule has 124 valence electrons. The van der Waals surface area contributed by atoms with Crippen molar-refractivity contribution in [2.45, 2.75) is 51.9 Å². The molecule has 2 rings (SSSR count). The number of rotatable bonds is 3. The van der Waals surface area contributed by atoms with Gasteiger partial charge in [-0.2, -0.15) is 0 Å². The topological polar surface area (TPSA) is 46.2 Å². The van der Waals surface area contributed by atoms with E-state index in [1.807, 2.05) is 45.0 Å². The summed E-state index contributed by atoms with van der Waals surface area (Å²) in [4.78, 5) is 0.339. The molecule has 2 aromatic carbocycles. The second-order valence-electron chi connectivity index (χ2n) is 7.08. The van der Waals surface area contributed by atoms with E-state index in [1.165, 1.54) is 0 Å². The molecule has 0 unspecified atom stereocenters. The predicted molar refractivity (Wildman–Crippen MR) is 96.6 cm³/mol. The van der Waals surface area contributed by atoms with Gasteiger partial charge >= 0.3 is 0 Å². The average Bonchev–Trinajstić information content (AvgIpc) is 2.42. The molecule has 0 saturated heterocycles. The van der Waals surface area contributed by atoms with E-state index < -0.39 is 10.0 Å². The zero-order chi connectivity index (χ0) is 17.4. The van der Waals surface area contributed by atoms with Crippen molar-refractivity contribution in [2.75, 3.05) is 4.72 Å². The molecule has 0 heterocycles. The van der Waals surface area contributed by atoms with Gasteiger partial charge in [0.15, 0.2) is 0 Å². The third-order valence-electron chi connectivity index (χ3n) is 4.19. The van der Waals surface area contributed by atoms with Crippen molar-refractivity contribution in [1.82, 2.24) is 0 Å². The van der Waals surface area contributed by atoms with E-state index in [4.69, 9.17) is 0 Å². The van der Waals surface area contributed by atoms with Gasteiger partial charge < -0.3 is 0 Å². The Hall–Kier alpha value is -1.81. The van der Waals surface area contributed by atoms with Gasteiger partial charge in [-0.1, -0.05) is 45.0 Å². The van der Waals surface area contributed by atoms with Gasteiger partial charge in [0, 0.05) is 0 Å². The van der Waals surface area contributed by atoms with Crippen molar-refractivity contribution in [2.24, 2.45) is 0 Å². The van der Waals surface area contributed by atoms with E-state index in [0.29, 0.717) is 10.6 Å². The normalized spacial score (nSPS) is 12.3. The van der Waals surface area contributed by atoms with E-state index >= 15 is 0 Å². The second kappa shape index (κ2) is 6.00. The number of anilines is 1. The van der Waals surface area contributed by atoms with E-state index in [9.17, 15) is 8.42 Å². The summed E-state index contributed by atoms with van der Waals surface area (Å²) in [7, 11) is -3.62. The highest BCUT2D eigenvalue weighted by Crippen LogP contribution is 2.28. The fourth-order valence-corrected chi connectivity index (χ4v) is 3.81. The second-order valence-corrected chi connectivity index (χ2v) is 8.73. The molecule has 0 fully saturated rings. The summed E-state index contributed by atoms with van der Waals surface area (Å²) in [5.74, 6) is 0. The number of aryl methyl sites for hydroxylation is 2. The molecule has 2 aromatic rings. The van der Waals surface area contributed by atoms with Crippen LogP contribution in [0.4, 0.5) is 5.69 Å². The Morgan fingerprint density at radius 1 is 0.913 bits per heavy atom. The first-order valence-electron chi connectivity index (χ1n) is 7.72. The zero-order valence-electron chi connectivity index (χ0n) is 14.7. The third-order valence-corrected chi connectivity index (χ3v) is 5.70. The number of benzene rings is 2. The molecule has 0 saturated carbocycles. The van der Waals surface area contributed by atoms with Gasteiger partial charge in [0.2, 0.25) is 0 Å². The van der Waals surface area contributed by atoms with Crippen LogP contribution in [-0.2, 0) is 15.4 Å². The molecule has 0 aliphatic heterocycles. The molecule has 0 bridgehead atoms. The van der Waals surface area contributed by atoms with Crippen molar-refractivity contribution in [3.8, 4) is 0 Å². The van der Waals surface area contributed by atoms with Gasteiger partial charge in [-0.15, -0.1) is 0 Å². The lowest BCUT2D eigenvalue weighted by Crippen LogP contribution is -2.18. The van der Waals surface area contributed by atoms with Crippen LogP contribution in [0.5, 0.6) is 0 Å². The molecule has 0 aromatic heterocycles. The molecule has 4 heteroatoms. The summed E-state index contributed by atoms with van der Waals surface area (Å²) < 4.78 is 28.4. The Morgan fingerprint density at radius 2 is 1.57 bits per heavy atom. The van der Waals surface area contributed by atoms with Gasteiger partial charge in [0.05, 0.1) is 10.6 Å². The monoisotopic (exact) mass is 331 g/mol. The van der Waals surface area contributed by atoms with Crippen LogP contribution in [0, 0.1) is 20.8 Å². The molecule has 3 nitrogen and oxygen atoms in total. The molecular weight excluding hydrogens is 306 g/mol. The van der Waals surface area contributed by atoms with Crippen LogP contribution in [0.15, 0.2) is 41.3 Å². The van der Waals surface area contributed by atoms with Crippen LogP contribution in [0.2, 0.25) is 0 Å². The molecule has 0 amide bonds. The third kappa shape index (κ3) is 3.75. The number of sulfonamides is 1. The lowest BCUT2D eigenvalue weighted by molar-refractivity contribution is 0.584. The quantitative estimate of drug-likeness (QED) is 0.885. The minimum absolute atomic E-state index is 0.1000. The average molecular weight is 331 g/mol. The standard InChI is InChI=1S/C19H25NO2S/c1-13-8-7-9-17(15(13)3)20-23(21,22)18-12-16(19(4,5)6)11-10-14(18)2/h7-12,20H,1-6H3. The van der Waals surface area contributed by atoms with Crippen LogP contribution >= 0.6 is 0 Å². The Balaban J connectivity index is 2.50. The van der Waals surface area contributed by atoms with Crippen molar-refractivity contribution in [3.05, 3.63) is 58.7 Å². The summed E-state index contributed by atoms with van der Waals surface area (Å²) >= 11 is 0. The molecule has 1 N–H and O–H groups in total. The van der Waals surface area contributed by atoms with Crippen LogP contribution in [-0.4, -0.2) is 8.42 Å². The highest BCUT2D eigenvalue weighted by Gasteiger charge is 2.22. The first kappa shape index (κ1) is 17.5. The first-order chi connectivity index (χ1) is 10.5. The van der Waals surface area contributed by atoms with Crippen molar-refractivity contribution < 1.29 is 8.42 Å². The summed E-state index contributed by atoms with van der Waals surface area (Å²) in [6.07, 6.45) is 0. The smallest absolute Gasteiger partial charge is 0.262 e. The van der Waals surface area contributed by atoms with Gasteiger partial charge in [0.25, 0.3) is 10.0 Å². The molecular formula is C19H25NO2S. The Bertz CT molecular complexity index is 831. The number of hydrogen-bond donors (Lipinski definition) is 1. The van der Waals surface area contributed by atoms with E-state index in [-0.39, 0.29) is 5.41 Å². The lowest BCUT2D eigenvalue weighted by Gasteiger charge is -2.21. The van der Waals surface area contributed by atoms with Crippen LogP contribution in [0.3, 0.4) is 0 Å². The highest BCUT2D eigenvalue weighted by molar-refractivity contribution is 7.92. The fraction of sp³-hybridized carbons (Fsp3) is 0.368. The highest BCUT2D eigenvalue weighted by atomic mass is 32.2. The summed E-state index contributed by atoms with van der Waals surface area (Å²) in [5, 5.41) is 0. The molecule has 0 atom stereocenters. The Labute approximate surface area is 139 Å². The lowest BCUT2D eigenvalue weighted by atomic mass is 9.87. The Morgan fingerprint density at radius 3 is 2.17 bits per heavy atom. The number of hydrogen-bond acceptors (Lipinski definition) is 2. The van der Waals surface area contributed by atoms with Gasteiger partial charge in [0.1, 0.15) is 0 Å². The van der Waals surface area contributed by atoms with Gasteiger partial charge in [-0.3, -0.25) is 4.72 Å². The van der Waals surface area contributed by atoms with Crippen molar-refractivity contribution in [1.29, 1.82) is 0 Å². The van der Waals surface area contributed by atoms with E-state index in [2.05, 4.69) is 25.5 Å². The van der Waals surface area contributed by atoms with Gasteiger partial charge in [-0.25, -0.2) is 8.42 Å². The summed E-state index contributed by atoms with van der Waals surface area (Å²) in [5.41, 5.74) is 4.29. The minimum Gasteiger partial charge on any atom is -0.279 e. The van der Waals surface area contributed by atoms with Crippen LogP contribution in [0.1, 0.15) is 43.0 Å². The first-order valence-corrected chi connectivity index (χ1v) is 9.21. The number of nitrogens with one attached hydrogen (secondary N) is 1. The maximum Gasteiger partial charge on any atom is 0.262 e. The zero-order valence-corrected chi connectivity index (χ0v) is 15.5. The van der Waals surface area contributed by atoms with Crippen molar-refractivity contribution in [3.63, 3.8) is 0 Å². The molecule has 0 radical (unpaired) electrons. The van der Waals surface area contributed by atoms with Crippen LogP contribution < -0.4 is 4.72 Å². The molecule has 0 aliphatic carbocycles. The predicted octanol–water partition coefficient (Wildman–Crippen LogP) is 4.71. The van der Waals surface area contributed by atoms with Gasteiger partial charge in [-0.05, 0) is 60.6 Å². The maximum atomic E-state index is 12.9. The Kier molecular flexibility index (Phi) is 4.58. The summed E-state index contributed by atoms with van der Waals surface area (Å²) in [6.45, 7) is 11.9. The maximum absolute atomic E-state index is 12.9. The summed E-state index contributed by atoms with van der Waals surface area (Å²) in [6, 6.07) is 11.3. The van der Waals surface area contributed by atoms with E-state index in [0.717, 1.165) is 22.3 Å². The van der Waals surface area contributed by atoms with Crippen molar-refractivity contribution >= 4 is 15.7 Å². The largest absolute Gasteiger partial charge is 0.279 e. The molecule has 0 spiro atoms.